The number of hydrogen-bond acceptors (Lipinski definition) is 6. The van der Waals surface area contributed by atoms with Gasteiger partial charge in [-0.05, 0) is 51.0 Å². The number of amides is 1. The zero-order valence-corrected chi connectivity index (χ0v) is 20.6. The van der Waals surface area contributed by atoms with Crippen LogP contribution in [0.5, 0.6) is 0 Å². The summed E-state index contributed by atoms with van der Waals surface area (Å²) in [5, 5.41) is 5.75. The SMILES string of the molecule is CC1=C(C(=O)OC(C)C)[C@H](c2ccc(C)cc2)N2C(CC(=O)NCCC(C)C)=CSC2=N1. The summed E-state index contributed by atoms with van der Waals surface area (Å²) < 4.78 is 5.58. The fraction of sp³-hybridized carbons (Fsp3) is 0.480. The van der Waals surface area contributed by atoms with Crippen molar-refractivity contribution in [3.8, 4) is 0 Å². The number of benzene rings is 1. The van der Waals surface area contributed by atoms with E-state index in [2.05, 4.69) is 19.2 Å². The van der Waals surface area contributed by atoms with Crippen LogP contribution in [0.3, 0.4) is 0 Å². The topological polar surface area (TPSA) is 71.0 Å². The van der Waals surface area contributed by atoms with Gasteiger partial charge in [0.1, 0.15) is 0 Å². The monoisotopic (exact) mass is 455 g/mol. The molecule has 0 aromatic heterocycles. The molecule has 32 heavy (non-hydrogen) atoms. The van der Waals surface area contributed by atoms with Gasteiger partial charge in [-0.1, -0.05) is 55.4 Å². The summed E-state index contributed by atoms with van der Waals surface area (Å²) in [6.07, 6.45) is 0.939. The predicted molar refractivity (Wildman–Crippen MR) is 130 cm³/mol. The molecule has 0 saturated carbocycles. The van der Waals surface area contributed by atoms with E-state index in [9.17, 15) is 9.59 Å². The predicted octanol–water partition coefficient (Wildman–Crippen LogP) is 5.07. The van der Waals surface area contributed by atoms with Crippen LogP contribution >= 0.6 is 11.8 Å². The highest BCUT2D eigenvalue weighted by Gasteiger charge is 2.41. The normalized spacial score (nSPS) is 18.0. The van der Waals surface area contributed by atoms with Crippen LogP contribution in [-0.2, 0) is 14.3 Å². The Labute approximate surface area is 195 Å². The second-order valence-corrected chi connectivity index (χ2v) is 9.80. The van der Waals surface area contributed by atoms with Crippen molar-refractivity contribution in [2.75, 3.05) is 6.54 Å². The molecule has 0 unspecified atom stereocenters. The molecule has 0 fully saturated rings. The molecule has 1 aromatic carbocycles. The number of rotatable bonds is 8. The summed E-state index contributed by atoms with van der Waals surface area (Å²) >= 11 is 1.49. The van der Waals surface area contributed by atoms with E-state index in [0.29, 0.717) is 23.7 Å². The number of ether oxygens (including phenoxy) is 1. The third kappa shape index (κ3) is 5.63. The minimum Gasteiger partial charge on any atom is -0.459 e. The number of amidine groups is 1. The van der Waals surface area contributed by atoms with Gasteiger partial charge in [-0.2, -0.15) is 0 Å². The van der Waals surface area contributed by atoms with Gasteiger partial charge in [0.05, 0.1) is 29.8 Å². The number of esters is 1. The smallest absolute Gasteiger partial charge is 0.338 e. The zero-order chi connectivity index (χ0) is 23.4. The molecule has 2 aliphatic rings. The van der Waals surface area contributed by atoms with Crippen LogP contribution in [0.15, 0.2) is 51.6 Å². The molecule has 1 aromatic rings. The van der Waals surface area contributed by atoms with E-state index in [1.54, 1.807) is 0 Å². The molecular weight excluding hydrogens is 422 g/mol. The third-order valence-electron chi connectivity index (χ3n) is 5.34. The highest BCUT2D eigenvalue weighted by molar-refractivity contribution is 8.16. The first kappa shape index (κ1) is 24.1. The van der Waals surface area contributed by atoms with Crippen molar-refractivity contribution in [2.45, 2.75) is 66.5 Å². The highest BCUT2D eigenvalue weighted by atomic mass is 32.2. The first-order chi connectivity index (χ1) is 15.2. The van der Waals surface area contributed by atoms with Crippen molar-refractivity contribution >= 4 is 28.8 Å². The van der Waals surface area contributed by atoms with Gasteiger partial charge in [-0.25, -0.2) is 9.79 Å². The van der Waals surface area contributed by atoms with Gasteiger partial charge in [-0.3, -0.25) is 4.79 Å². The Hall–Kier alpha value is -2.54. The first-order valence-electron chi connectivity index (χ1n) is 11.2. The van der Waals surface area contributed by atoms with Gasteiger partial charge in [-0.15, -0.1) is 0 Å². The standard InChI is InChI=1S/C25H33N3O3S/c1-15(2)11-12-26-21(29)13-20-14-32-25-27-18(6)22(24(30)31-16(3)4)23(28(20)25)19-9-7-17(5)8-10-19/h7-10,14-16,23H,11-13H2,1-6H3,(H,26,29)/t23-/m0/s1. The van der Waals surface area contributed by atoms with Gasteiger partial charge in [0.2, 0.25) is 5.91 Å². The summed E-state index contributed by atoms with van der Waals surface area (Å²) in [5.41, 5.74) is 4.10. The molecule has 0 spiro atoms. The largest absolute Gasteiger partial charge is 0.459 e. The molecule has 1 atom stereocenters. The van der Waals surface area contributed by atoms with Crippen molar-refractivity contribution in [2.24, 2.45) is 10.9 Å². The number of carbonyl (C=O) groups is 2. The molecule has 0 aliphatic carbocycles. The van der Waals surface area contributed by atoms with E-state index in [4.69, 9.17) is 9.73 Å². The molecule has 1 N–H and O–H groups in total. The van der Waals surface area contributed by atoms with Crippen LogP contribution in [-0.4, -0.2) is 34.6 Å². The molecule has 172 valence electrons. The van der Waals surface area contributed by atoms with Crippen LogP contribution in [0.25, 0.3) is 0 Å². The Morgan fingerprint density at radius 3 is 2.47 bits per heavy atom. The molecule has 2 heterocycles. The Morgan fingerprint density at radius 2 is 1.84 bits per heavy atom. The second kappa shape index (κ2) is 10.4. The summed E-state index contributed by atoms with van der Waals surface area (Å²) in [6.45, 7) is 12.5. The Morgan fingerprint density at radius 1 is 1.16 bits per heavy atom. The van der Waals surface area contributed by atoms with E-state index >= 15 is 0 Å². The van der Waals surface area contributed by atoms with Crippen molar-refractivity contribution in [1.82, 2.24) is 10.2 Å². The van der Waals surface area contributed by atoms with E-state index in [1.807, 2.05) is 62.3 Å². The lowest BCUT2D eigenvalue weighted by molar-refractivity contribution is -0.143. The Balaban J connectivity index is 1.92. The zero-order valence-electron chi connectivity index (χ0n) is 19.8. The number of nitrogens with zero attached hydrogens (tertiary/aromatic N) is 2. The molecule has 0 bridgehead atoms. The van der Waals surface area contributed by atoms with Crippen LogP contribution in [0.4, 0.5) is 0 Å². The van der Waals surface area contributed by atoms with Gasteiger partial charge >= 0.3 is 5.97 Å². The molecule has 2 aliphatic heterocycles. The molecular formula is C25H33N3O3S. The van der Waals surface area contributed by atoms with Crippen molar-refractivity contribution in [3.05, 3.63) is 57.8 Å². The van der Waals surface area contributed by atoms with E-state index < -0.39 is 0 Å². The average Bonchev–Trinajstić information content (AvgIpc) is 3.08. The lowest BCUT2D eigenvalue weighted by Crippen LogP contribution is -2.38. The van der Waals surface area contributed by atoms with Crippen LogP contribution in [0.2, 0.25) is 0 Å². The average molecular weight is 456 g/mol. The van der Waals surface area contributed by atoms with Gasteiger partial charge in [0.25, 0.3) is 0 Å². The molecule has 3 rings (SSSR count). The van der Waals surface area contributed by atoms with Gasteiger partial charge in [0, 0.05) is 12.2 Å². The van der Waals surface area contributed by atoms with Crippen LogP contribution in [0, 0.1) is 12.8 Å². The minimum absolute atomic E-state index is 0.0287. The molecule has 6 nitrogen and oxygen atoms in total. The number of nitrogens with one attached hydrogen (secondary N) is 1. The molecule has 1 amide bonds. The number of carbonyl (C=O) groups excluding carboxylic acids is 2. The summed E-state index contributed by atoms with van der Waals surface area (Å²) in [5.74, 6) is 0.133. The number of thioether (sulfide) groups is 1. The van der Waals surface area contributed by atoms with Gasteiger partial charge < -0.3 is 15.0 Å². The number of hydrogen-bond donors (Lipinski definition) is 1. The number of aryl methyl sites for hydroxylation is 1. The number of fused-ring (bicyclic) bond motifs is 1. The fourth-order valence-electron chi connectivity index (χ4n) is 3.70. The van der Waals surface area contributed by atoms with Crippen molar-refractivity contribution in [1.29, 1.82) is 0 Å². The van der Waals surface area contributed by atoms with Crippen molar-refractivity contribution < 1.29 is 14.3 Å². The van der Waals surface area contributed by atoms with E-state index in [1.165, 1.54) is 11.8 Å². The second-order valence-electron chi connectivity index (χ2n) is 8.97. The maximum Gasteiger partial charge on any atom is 0.338 e. The molecule has 7 heteroatoms. The molecule has 0 radical (unpaired) electrons. The number of allylic oxidation sites excluding steroid dienone is 1. The van der Waals surface area contributed by atoms with Crippen LogP contribution < -0.4 is 5.32 Å². The Bertz CT molecular complexity index is 961. The minimum atomic E-state index is -0.390. The fourth-order valence-corrected chi connectivity index (χ4v) is 4.66. The van der Waals surface area contributed by atoms with Gasteiger partial charge in [0.15, 0.2) is 5.17 Å². The Kier molecular flexibility index (Phi) is 7.82. The molecule has 0 saturated heterocycles. The lowest BCUT2D eigenvalue weighted by atomic mass is 9.93. The third-order valence-corrected chi connectivity index (χ3v) is 6.23. The summed E-state index contributed by atoms with van der Waals surface area (Å²) in [6, 6.07) is 7.74. The highest BCUT2D eigenvalue weighted by Crippen LogP contribution is 2.44. The van der Waals surface area contributed by atoms with Crippen molar-refractivity contribution in [3.63, 3.8) is 0 Å². The summed E-state index contributed by atoms with van der Waals surface area (Å²) in [4.78, 5) is 32.5. The van der Waals surface area contributed by atoms with E-state index in [0.717, 1.165) is 28.4 Å². The summed E-state index contributed by atoms with van der Waals surface area (Å²) in [7, 11) is 0. The maximum atomic E-state index is 13.1. The quantitative estimate of drug-likeness (QED) is 0.554. The lowest BCUT2D eigenvalue weighted by Gasteiger charge is -2.36. The first-order valence-corrected chi connectivity index (χ1v) is 12.0. The number of aliphatic imine (C=N–C) groups is 1. The van der Waals surface area contributed by atoms with Crippen LogP contribution in [0.1, 0.15) is 64.6 Å². The van der Waals surface area contributed by atoms with E-state index in [-0.39, 0.29) is 30.4 Å². The maximum absolute atomic E-state index is 13.1.